The molecule has 0 nitrogen and oxygen atoms in total. The fourth-order valence-electron chi connectivity index (χ4n) is 7.82. The zero-order valence-corrected chi connectivity index (χ0v) is 38.6. The summed E-state index contributed by atoms with van der Waals surface area (Å²) in [5, 5.41) is 12.2. The van der Waals surface area contributed by atoms with Crippen molar-refractivity contribution in [1.82, 2.24) is 0 Å². The Morgan fingerprint density at radius 3 is 0.424 bits per heavy atom. The third-order valence-electron chi connectivity index (χ3n) is 10.7. The van der Waals surface area contributed by atoms with Crippen LogP contribution in [0.15, 0.2) is 243 Å². The fraction of sp³-hybridized carbons (Fsp3) is 0.111. The van der Waals surface area contributed by atoms with Crippen molar-refractivity contribution in [3.8, 4) is 0 Å². The van der Waals surface area contributed by atoms with Gasteiger partial charge in [0.2, 0.25) is 0 Å². The molecule has 0 saturated carbocycles. The third kappa shape index (κ3) is 13.5. The fourth-order valence-corrected chi connectivity index (χ4v) is 19.0. The molecule has 0 atom stereocenters. The summed E-state index contributed by atoms with van der Waals surface area (Å²) in [7, 11) is -2.97. The SMILES string of the molecule is [Ni].c1ccc([PH+](CCC[PH+](c2ccccc2)c2ccccc2)c2ccccc2)cc1.c1ccc([PH+](CCC[PH+](c2ccccc2)c2ccccc2)c2ccccc2)cc1. The molecule has 8 rings (SSSR count). The van der Waals surface area contributed by atoms with Gasteiger partial charge in [0.15, 0.2) is 0 Å². The van der Waals surface area contributed by atoms with Gasteiger partial charge in [0.05, 0.1) is 98.8 Å². The maximum Gasteiger partial charge on any atom is 0.0966 e. The van der Waals surface area contributed by atoms with E-state index in [1.54, 1.807) is 0 Å². The first-order valence-corrected chi connectivity index (χ1v) is 27.5. The molecule has 0 aliphatic carbocycles. The summed E-state index contributed by atoms with van der Waals surface area (Å²) in [6.45, 7) is 0. The Bertz CT molecular complexity index is 1790. The van der Waals surface area contributed by atoms with Gasteiger partial charge in [-0.15, -0.1) is 0 Å². The van der Waals surface area contributed by atoms with Crippen molar-refractivity contribution in [2.45, 2.75) is 12.8 Å². The molecule has 0 fully saturated rings. The predicted molar refractivity (Wildman–Crippen MR) is 271 cm³/mol. The molecular formula is C54H56NiP4+4. The number of hydrogen-bond donors (Lipinski definition) is 0. The van der Waals surface area contributed by atoms with Crippen LogP contribution in [0, 0.1) is 0 Å². The van der Waals surface area contributed by atoms with Crippen LogP contribution in [0.5, 0.6) is 0 Å². The average Bonchev–Trinajstić information content (AvgIpc) is 3.32. The topological polar surface area (TPSA) is 0 Å². The summed E-state index contributed by atoms with van der Waals surface area (Å²) in [5.41, 5.74) is 0. The minimum atomic E-state index is -0.742. The number of rotatable bonds is 16. The summed E-state index contributed by atoms with van der Waals surface area (Å²) in [4.78, 5) is 0. The van der Waals surface area contributed by atoms with E-state index in [0.29, 0.717) is 0 Å². The van der Waals surface area contributed by atoms with Gasteiger partial charge in [-0.25, -0.2) is 0 Å². The molecule has 5 heteroatoms. The van der Waals surface area contributed by atoms with Gasteiger partial charge < -0.3 is 0 Å². The van der Waals surface area contributed by atoms with Crippen molar-refractivity contribution in [3.63, 3.8) is 0 Å². The van der Waals surface area contributed by atoms with Crippen molar-refractivity contribution in [1.29, 1.82) is 0 Å². The predicted octanol–water partition coefficient (Wildman–Crippen LogP) is 10.2. The standard InChI is InChI=1S/2C27H26P2.Ni/c2*1-5-14-24(15-6-1)28(25-16-7-2-8-17-25)22-13-23-29(26-18-9-3-10-19-26)27-20-11-4-12-21-27;/h2*1-12,14-21H,13,22-23H2;/p+4. The maximum absolute atomic E-state index is 2.32. The molecule has 0 aromatic heterocycles. The smallest absolute Gasteiger partial charge is 0.0620 e. The molecule has 0 heterocycles. The molecule has 298 valence electrons. The Morgan fingerprint density at radius 1 is 0.186 bits per heavy atom. The van der Waals surface area contributed by atoms with Crippen LogP contribution in [0.1, 0.15) is 12.8 Å². The molecule has 0 aliphatic heterocycles. The van der Waals surface area contributed by atoms with Gasteiger partial charge in [0, 0.05) is 29.3 Å². The van der Waals surface area contributed by atoms with Crippen LogP contribution in [0.4, 0.5) is 0 Å². The second-order valence-electron chi connectivity index (χ2n) is 14.5. The number of hydrogen-bond acceptors (Lipinski definition) is 0. The van der Waals surface area contributed by atoms with E-state index in [1.807, 2.05) is 0 Å². The molecule has 0 spiro atoms. The van der Waals surface area contributed by atoms with Crippen LogP contribution >= 0.6 is 31.7 Å². The minimum absolute atomic E-state index is 0. The van der Waals surface area contributed by atoms with Crippen LogP contribution in [0.2, 0.25) is 0 Å². The first-order valence-electron chi connectivity index (χ1n) is 20.7. The molecule has 59 heavy (non-hydrogen) atoms. The molecule has 0 amide bonds. The van der Waals surface area contributed by atoms with E-state index >= 15 is 0 Å². The van der Waals surface area contributed by atoms with Crippen molar-refractivity contribution >= 4 is 74.1 Å². The van der Waals surface area contributed by atoms with E-state index in [1.165, 1.54) is 79.9 Å². The monoisotopic (exact) mass is 886 g/mol. The third-order valence-corrected chi connectivity index (χ3v) is 22.3. The van der Waals surface area contributed by atoms with Crippen LogP contribution in [0.25, 0.3) is 0 Å². The molecule has 8 aromatic rings. The second kappa shape index (κ2) is 24.9. The summed E-state index contributed by atoms with van der Waals surface area (Å²) < 4.78 is 0. The summed E-state index contributed by atoms with van der Waals surface area (Å²) in [5.74, 6) is 0. The van der Waals surface area contributed by atoms with E-state index in [0.717, 1.165) is 0 Å². The minimum Gasteiger partial charge on any atom is -0.0620 e. The summed E-state index contributed by atoms with van der Waals surface area (Å²) in [6.07, 6.45) is 7.68. The second-order valence-corrected chi connectivity index (χ2v) is 25.0. The normalized spacial score (nSPS) is 10.9. The van der Waals surface area contributed by atoms with Gasteiger partial charge in [-0.1, -0.05) is 146 Å². The van der Waals surface area contributed by atoms with E-state index < -0.39 is 31.7 Å². The van der Waals surface area contributed by atoms with Gasteiger partial charge in [-0.05, 0) is 97.1 Å². The van der Waals surface area contributed by atoms with Crippen LogP contribution < -0.4 is 42.4 Å². The van der Waals surface area contributed by atoms with Crippen LogP contribution in [0.3, 0.4) is 0 Å². The van der Waals surface area contributed by atoms with Gasteiger partial charge in [-0.3, -0.25) is 0 Å². The Balaban J connectivity index is 0.000000195. The molecular weight excluding hydrogens is 831 g/mol. The van der Waals surface area contributed by atoms with Gasteiger partial charge in [0.25, 0.3) is 0 Å². The molecule has 0 radical (unpaired) electrons. The molecule has 0 aliphatic rings. The van der Waals surface area contributed by atoms with Gasteiger partial charge in [0.1, 0.15) is 0 Å². The first-order chi connectivity index (χ1) is 28.8. The molecule has 0 unspecified atom stereocenters. The molecule has 0 saturated heterocycles. The first kappa shape index (κ1) is 44.5. The zero-order chi connectivity index (χ0) is 39.5. The van der Waals surface area contributed by atoms with Crippen molar-refractivity contribution in [2.24, 2.45) is 0 Å². The van der Waals surface area contributed by atoms with Gasteiger partial charge >= 0.3 is 0 Å². The Morgan fingerprint density at radius 2 is 0.305 bits per heavy atom. The van der Waals surface area contributed by atoms with Crippen LogP contribution in [-0.4, -0.2) is 24.6 Å². The zero-order valence-electron chi connectivity index (χ0n) is 33.7. The molecule has 0 N–H and O–H groups in total. The quantitative estimate of drug-likeness (QED) is 0.0670. The van der Waals surface area contributed by atoms with Crippen molar-refractivity contribution in [3.05, 3.63) is 243 Å². The largest absolute Gasteiger partial charge is 0.0966 e. The molecule has 8 aromatic carbocycles. The summed E-state index contributed by atoms with van der Waals surface area (Å²) >= 11 is 0. The van der Waals surface area contributed by atoms with Crippen molar-refractivity contribution < 1.29 is 16.5 Å². The van der Waals surface area contributed by atoms with Crippen molar-refractivity contribution in [2.75, 3.05) is 24.6 Å². The van der Waals surface area contributed by atoms with E-state index in [9.17, 15) is 0 Å². The van der Waals surface area contributed by atoms with E-state index in [-0.39, 0.29) is 16.5 Å². The maximum atomic E-state index is 2.32. The Hall–Kier alpha value is -4.03. The number of benzene rings is 8. The Labute approximate surface area is 368 Å². The Kier molecular flexibility index (Phi) is 18.8. The van der Waals surface area contributed by atoms with Crippen LogP contribution in [-0.2, 0) is 16.5 Å². The molecule has 0 bridgehead atoms. The summed E-state index contributed by atoms with van der Waals surface area (Å²) in [6, 6.07) is 89.1. The van der Waals surface area contributed by atoms with E-state index in [2.05, 4.69) is 243 Å². The van der Waals surface area contributed by atoms with Gasteiger partial charge in [-0.2, -0.15) is 0 Å². The average molecular weight is 888 g/mol. The van der Waals surface area contributed by atoms with E-state index in [4.69, 9.17) is 0 Å².